The average Bonchev–Trinajstić information content (AvgIpc) is 2.61. The SMILES string of the molecule is COCC(C)CNC(=O)c1ccoc1Br. The van der Waals surface area contributed by atoms with Gasteiger partial charge in [-0.3, -0.25) is 4.79 Å². The number of halogens is 1. The maximum Gasteiger partial charge on any atom is 0.255 e. The largest absolute Gasteiger partial charge is 0.457 e. The fourth-order valence-corrected chi connectivity index (χ4v) is 1.58. The van der Waals surface area contributed by atoms with Gasteiger partial charge in [0, 0.05) is 13.7 Å². The summed E-state index contributed by atoms with van der Waals surface area (Å²) in [6.45, 7) is 3.23. The third-order valence-corrected chi connectivity index (χ3v) is 2.54. The first-order valence-electron chi connectivity index (χ1n) is 4.65. The molecule has 15 heavy (non-hydrogen) atoms. The summed E-state index contributed by atoms with van der Waals surface area (Å²) in [5.74, 6) is 0.156. The Kier molecular flexibility index (Phi) is 4.84. The van der Waals surface area contributed by atoms with Crippen molar-refractivity contribution in [3.8, 4) is 0 Å². The van der Waals surface area contributed by atoms with Crippen LogP contribution in [-0.4, -0.2) is 26.2 Å². The fraction of sp³-hybridized carbons (Fsp3) is 0.500. The van der Waals surface area contributed by atoms with Gasteiger partial charge in [0.1, 0.15) is 0 Å². The standard InChI is InChI=1S/C10H14BrNO3/c1-7(6-14-2)5-12-10(13)8-3-4-15-9(8)11/h3-4,7H,5-6H2,1-2H3,(H,12,13). The van der Waals surface area contributed by atoms with Gasteiger partial charge < -0.3 is 14.5 Å². The number of carbonyl (C=O) groups is 1. The predicted octanol–water partition coefficient (Wildman–Crippen LogP) is 2.05. The van der Waals surface area contributed by atoms with Crippen molar-refractivity contribution in [2.75, 3.05) is 20.3 Å². The Bertz CT molecular complexity index is 324. The van der Waals surface area contributed by atoms with Gasteiger partial charge in [-0.1, -0.05) is 6.92 Å². The molecule has 1 rings (SSSR count). The lowest BCUT2D eigenvalue weighted by Crippen LogP contribution is -2.29. The molecule has 0 aromatic carbocycles. The highest BCUT2D eigenvalue weighted by Gasteiger charge is 2.12. The van der Waals surface area contributed by atoms with Crippen molar-refractivity contribution in [3.05, 3.63) is 22.6 Å². The number of hydrogen-bond acceptors (Lipinski definition) is 3. The predicted molar refractivity (Wildman–Crippen MR) is 59.8 cm³/mol. The molecule has 0 spiro atoms. The minimum Gasteiger partial charge on any atom is -0.457 e. The van der Waals surface area contributed by atoms with Crippen molar-refractivity contribution in [3.63, 3.8) is 0 Å². The van der Waals surface area contributed by atoms with E-state index in [9.17, 15) is 4.79 Å². The Morgan fingerprint density at radius 1 is 1.73 bits per heavy atom. The summed E-state index contributed by atoms with van der Waals surface area (Å²) in [6.07, 6.45) is 1.47. The monoisotopic (exact) mass is 275 g/mol. The molecule has 0 aliphatic heterocycles. The van der Waals surface area contributed by atoms with Gasteiger partial charge in [-0.15, -0.1) is 0 Å². The lowest BCUT2D eigenvalue weighted by molar-refractivity contribution is 0.0932. The molecule has 0 fully saturated rings. The fourth-order valence-electron chi connectivity index (χ4n) is 1.16. The van der Waals surface area contributed by atoms with E-state index in [1.165, 1.54) is 6.26 Å². The molecule has 1 aromatic heterocycles. The maximum absolute atomic E-state index is 11.6. The highest BCUT2D eigenvalue weighted by Crippen LogP contribution is 2.17. The maximum atomic E-state index is 11.6. The molecular weight excluding hydrogens is 262 g/mol. The summed E-state index contributed by atoms with van der Waals surface area (Å²) in [5, 5.41) is 2.80. The van der Waals surface area contributed by atoms with Crippen LogP contribution in [0.3, 0.4) is 0 Å². The highest BCUT2D eigenvalue weighted by molar-refractivity contribution is 9.10. The summed E-state index contributed by atoms with van der Waals surface area (Å²) in [6, 6.07) is 1.63. The number of ether oxygens (including phenoxy) is 1. The molecule has 0 saturated heterocycles. The van der Waals surface area contributed by atoms with E-state index in [4.69, 9.17) is 9.15 Å². The third-order valence-electron chi connectivity index (χ3n) is 1.92. The Hall–Kier alpha value is -0.810. The molecule has 0 bridgehead atoms. The number of hydrogen-bond donors (Lipinski definition) is 1. The van der Waals surface area contributed by atoms with Crippen LogP contribution in [0.15, 0.2) is 21.4 Å². The topological polar surface area (TPSA) is 51.5 Å². The van der Waals surface area contributed by atoms with Crippen LogP contribution in [0, 0.1) is 5.92 Å². The second-order valence-corrected chi connectivity index (χ2v) is 4.10. The van der Waals surface area contributed by atoms with Crippen LogP contribution < -0.4 is 5.32 Å². The molecule has 1 aromatic rings. The van der Waals surface area contributed by atoms with E-state index >= 15 is 0 Å². The second kappa shape index (κ2) is 5.92. The number of rotatable bonds is 5. The van der Waals surface area contributed by atoms with E-state index < -0.39 is 0 Å². The molecule has 0 aliphatic carbocycles. The number of furan rings is 1. The molecule has 1 atom stereocenters. The van der Waals surface area contributed by atoms with Crippen LogP contribution >= 0.6 is 15.9 Å². The van der Waals surface area contributed by atoms with Gasteiger partial charge >= 0.3 is 0 Å². The van der Waals surface area contributed by atoms with Crippen LogP contribution in [-0.2, 0) is 4.74 Å². The first-order valence-corrected chi connectivity index (χ1v) is 5.44. The molecule has 1 N–H and O–H groups in total. The second-order valence-electron chi connectivity index (χ2n) is 3.38. The summed E-state index contributed by atoms with van der Waals surface area (Å²) >= 11 is 3.15. The molecule has 0 saturated carbocycles. The molecule has 1 heterocycles. The van der Waals surface area contributed by atoms with Crippen molar-refractivity contribution >= 4 is 21.8 Å². The van der Waals surface area contributed by atoms with Crippen LogP contribution in [0.4, 0.5) is 0 Å². The van der Waals surface area contributed by atoms with Crippen LogP contribution in [0.5, 0.6) is 0 Å². The summed E-state index contributed by atoms with van der Waals surface area (Å²) in [7, 11) is 1.64. The summed E-state index contributed by atoms with van der Waals surface area (Å²) in [4.78, 5) is 11.6. The number of nitrogens with one attached hydrogen (secondary N) is 1. The molecular formula is C10H14BrNO3. The summed E-state index contributed by atoms with van der Waals surface area (Å²) < 4.78 is 10.4. The molecule has 4 nitrogen and oxygen atoms in total. The Morgan fingerprint density at radius 3 is 3.00 bits per heavy atom. The normalized spacial score (nSPS) is 12.5. The van der Waals surface area contributed by atoms with E-state index in [-0.39, 0.29) is 5.91 Å². The van der Waals surface area contributed by atoms with Crippen molar-refractivity contribution in [2.45, 2.75) is 6.92 Å². The number of methoxy groups -OCH3 is 1. The van der Waals surface area contributed by atoms with Crippen LogP contribution in [0.1, 0.15) is 17.3 Å². The van der Waals surface area contributed by atoms with Gasteiger partial charge in [-0.25, -0.2) is 0 Å². The molecule has 1 unspecified atom stereocenters. The quantitative estimate of drug-likeness (QED) is 0.895. The Morgan fingerprint density at radius 2 is 2.47 bits per heavy atom. The number of amides is 1. The highest BCUT2D eigenvalue weighted by atomic mass is 79.9. The zero-order valence-corrected chi connectivity index (χ0v) is 10.3. The first kappa shape index (κ1) is 12.3. The van der Waals surface area contributed by atoms with Crippen LogP contribution in [0.25, 0.3) is 0 Å². The van der Waals surface area contributed by atoms with Gasteiger partial charge in [0.2, 0.25) is 0 Å². The zero-order valence-electron chi connectivity index (χ0n) is 8.75. The molecule has 0 aliphatic rings. The van der Waals surface area contributed by atoms with E-state index in [1.807, 2.05) is 6.92 Å². The van der Waals surface area contributed by atoms with Gasteiger partial charge in [0.25, 0.3) is 5.91 Å². The third kappa shape index (κ3) is 3.68. The van der Waals surface area contributed by atoms with Crippen molar-refractivity contribution in [1.82, 2.24) is 5.32 Å². The van der Waals surface area contributed by atoms with Crippen molar-refractivity contribution in [1.29, 1.82) is 0 Å². The lowest BCUT2D eigenvalue weighted by Gasteiger charge is -2.10. The molecule has 5 heteroatoms. The zero-order chi connectivity index (χ0) is 11.3. The van der Waals surface area contributed by atoms with Gasteiger partial charge in [0.15, 0.2) is 4.67 Å². The van der Waals surface area contributed by atoms with Gasteiger partial charge in [-0.05, 0) is 27.9 Å². The smallest absolute Gasteiger partial charge is 0.255 e. The van der Waals surface area contributed by atoms with Gasteiger partial charge in [-0.2, -0.15) is 0 Å². The Balaban J connectivity index is 2.40. The molecule has 84 valence electrons. The van der Waals surface area contributed by atoms with E-state index in [1.54, 1.807) is 13.2 Å². The lowest BCUT2D eigenvalue weighted by atomic mass is 10.2. The van der Waals surface area contributed by atoms with Gasteiger partial charge in [0.05, 0.1) is 18.4 Å². The Labute approximate surface area is 97.1 Å². The van der Waals surface area contributed by atoms with E-state index in [2.05, 4.69) is 21.2 Å². The van der Waals surface area contributed by atoms with Crippen molar-refractivity contribution in [2.24, 2.45) is 5.92 Å². The van der Waals surface area contributed by atoms with Crippen molar-refractivity contribution < 1.29 is 13.9 Å². The van der Waals surface area contributed by atoms with E-state index in [0.29, 0.717) is 29.3 Å². The first-order chi connectivity index (χ1) is 7.15. The van der Waals surface area contributed by atoms with Crippen LogP contribution in [0.2, 0.25) is 0 Å². The molecule has 1 amide bonds. The summed E-state index contributed by atoms with van der Waals surface area (Å²) in [5.41, 5.74) is 0.514. The number of carbonyl (C=O) groups excluding carboxylic acids is 1. The minimum atomic E-state index is -0.140. The molecule has 0 radical (unpaired) electrons. The minimum absolute atomic E-state index is 0.140. The van der Waals surface area contributed by atoms with E-state index in [0.717, 1.165) is 0 Å². The average molecular weight is 276 g/mol.